The summed E-state index contributed by atoms with van der Waals surface area (Å²) < 4.78 is 3.54. The van der Waals surface area contributed by atoms with Crippen LogP contribution in [0.15, 0.2) is 101 Å². The van der Waals surface area contributed by atoms with Crippen molar-refractivity contribution in [1.29, 1.82) is 0 Å². The molecule has 8 rings (SSSR count). The minimum atomic E-state index is 0.0812. The summed E-state index contributed by atoms with van der Waals surface area (Å²) in [6.45, 7) is 5.11. The predicted molar refractivity (Wildman–Crippen MR) is 182 cm³/mol. The second kappa shape index (κ2) is 11.4. The number of rotatable bonds is 6. The highest BCUT2D eigenvalue weighted by Gasteiger charge is 2.25. The smallest absolute Gasteiger partial charge is 0.203 e. The molecule has 4 N–H and O–H groups in total. The minimum absolute atomic E-state index is 0.0812. The van der Waals surface area contributed by atoms with E-state index in [9.17, 15) is 20.0 Å². The maximum Gasteiger partial charge on any atom is 0.203 e. The number of nitroso groups, excluding NO2 is 2. The van der Waals surface area contributed by atoms with Crippen LogP contribution in [0.25, 0.3) is 66.3 Å². The maximum absolute atomic E-state index is 11.4. The summed E-state index contributed by atoms with van der Waals surface area (Å²) in [5, 5.41) is 31.0. The number of aryl methyl sites for hydroxylation is 2. The number of pyridine rings is 1. The molecule has 0 radical (unpaired) electrons. The zero-order valence-corrected chi connectivity index (χ0v) is 25.0. The molecule has 0 saturated carbocycles. The average Bonchev–Trinajstić information content (AvgIpc) is 3.80. The maximum atomic E-state index is 11.4. The molecule has 0 spiro atoms. The van der Waals surface area contributed by atoms with Crippen molar-refractivity contribution in [2.75, 3.05) is 0 Å². The number of hydrogen-bond donors (Lipinski definition) is 4. The van der Waals surface area contributed by atoms with E-state index in [1.807, 2.05) is 103 Å². The molecule has 0 fully saturated rings. The average molecular weight is 612 g/mol. The van der Waals surface area contributed by atoms with Crippen LogP contribution in [0.1, 0.15) is 13.8 Å². The fourth-order valence-electron chi connectivity index (χ4n) is 6.37. The number of aromatic amines is 2. The number of fused-ring (bicyclic) bond motifs is 4. The summed E-state index contributed by atoms with van der Waals surface area (Å²) in [4.78, 5) is 33.7. The fourth-order valence-corrected chi connectivity index (χ4v) is 6.37. The van der Waals surface area contributed by atoms with Gasteiger partial charge in [-0.15, -0.1) is 9.81 Å². The normalized spacial score (nSPS) is 11.3. The van der Waals surface area contributed by atoms with E-state index in [1.165, 1.54) is 0 Å². The lowest BCUT2D eigenvalue weighted by Gasteiger charge is -2.02. The summed E-state index contributed by atoms with van der Waals surface area (Å²) in [5.41, 5.74) is 6.11. The van der Waals surface area contributed by atoms with Gasteiger partial charge in [0.1, 0.15) is 17.0 Å². The van der Waals surface area contributed by atoms with Crippen molar-refractivity contribution in [2.24, 2.45) is 10.4 Å². The zero-order chi connectivity index (χ0) is 31.9. The molecule has 0 saturated heterocycles. The lowest BCUT2D eigenvalue weighted by Crippen LogP contribution is -1.93. The van der Waals surface area contributed by atoms with Gasteiger partial charge in [-0.1, -0.05) is 54.6 Å². The molecular weight excluding hydrogens is 582 g/mol. The van der Waals surface area contributed by atoms with Gasteiger partial charge in [-0.25, -0.2) is 4.98 Å². The number of aromatic nitrogens is 5. The molecule has 46 heavy (non-hydrogen) atoms. The molecule has 3 aromatic carbocycles. The highest BCUT2D eigenvalue weighted by molar-refractivity contribution is 6.08. The topological polar surface area (TPSA) is 154 Å². The summed E-state index contributed by atoms with van der Waals surface area (Å²) in [7, 11) is 0. The molecule has 0 aliphatic rings. The van der Waals surface area contributed by atoms with Gasteiger partial charge in [0.25, 0.3) is 0 Å². The van der Waals surface area contributed by atoms with E-state index >= 15 is 0 Å². The van der Waals surface area contributed by atoms with Crippen molar-refractivity contribution in [3.63, 3.8) is 0 Å². The van der Waals surface area contributed by atoms with Crippen LogP contribution in [-0.4, -0.2) is 34.3 Å². The van der Waals surface area contributed by atoms with E-state index in [0.717, 1.165) is 38.1 Å². The molecule has 5 aromatic heterocycles. The molecule has 0 aliphatic carbocycles. The first-order valence-electron chi connectivity index (χ1n) is 14.9. The lowest BCUT2D eigenvalue weighted by atomic mass is 10.1. The van der Waals surface area contributed by atoms with Crippen molar-refractivity contribution in [3.05, 3.63) is 101 Å². The third-order valence-corrected chi connectivity index (χ3v) is 8.41. The number of hydrogen-bond acceptors (Lipinski definition) is 7. The van der Waals surface area contributed by atoms with E-state index in [2.05, 4.69) is 25.3 Å². The van der Waals surface area contributed by atoms with Gasteiger partial charge in [0, 0.05) is 51.9 Å². The van der Waals surface area contributed by atoms with Crippen LogP contribution < -0.4 is 0 Å². The standard InChI is InChI=1S/C18H15N3O2.C17H14N4O2/c1-2-21-14-10-6-4-8-12(14)15(18(21)22)17-16(20-23)11-7-3-5-9-13(11)19-17;1-2-21-16-11(7-5-9-18-16)13(17(21)22)15-14(20-23)10-6-3-4-8-12(10)19-15/h3-10,19,22H,2H2,1H3;3-9,19,22H,2H2,1H3. The lowest BCUT2D eigenvalue weighted by molar-refractivity contribution is 0.426. The van der Waals surface area contributed by atoms with Crippen LogP contribution in [-0.2, 0) is 13.1 Å². The second-order valence-corrected chi connectivity index (χ2v) is 10.7. The molecule has 0 amide bonds. The molecule has 0 unspecified atom stereocenters. The first-order valence-corrected chi connectivity index (χ1v) is 14.9. The molecular formula is C35H29N7O4. The molecule has 228 valence electrons. The number of H-pyrrole nitrogens is 2. The third kappa shape index (κ3) is 4.24. The quantitative estimate of drug-likeness (QED) is 0.138. The van der Waals surface area contributed by atoms with Crippen LogP contribution in [0.5, 0.6) is 11.8 Å². The molecule has 0 bridgehead atoms. The van der Waals surface area contributed by atoms with E-state index in [1.54, 1.807) is 10.8 Å². The van der Waals surface area contributed by atoms with Crippen LogP contribution in [0.4, 0.5) is 11.4 Å². The van der Waals surface area contributed by atoms with Crippen molar-refractivity contribution >= 4 is 55.1 Å². The van der Waals surface area contributed by atoms with Gasteiger partial charge in [-0.2, -0.15) is 0 Å². The Morgan fingerprint density at radius 1 is 0.630 bits per heavy atom. The van der Waals surface area contributed by atoms with Gasteiger partial charge >= 0.3 is 0 Å². The Morgan fingerprint density at radius 3 is 1.67 bits per heavy atom. The highest BCUT2D eigenvalue weighted by atomic mass is 16.3. The number of benzene rings is 3. The zero-order valence-electron chi connectivity index (χ0n) is 25.0. The number of nitrogens with one attached hydrogen (secondary N) is 2. The Labute approximate surface area is 261 Å². The first kappa shape index (κ1) is 28.5. The van der Waals surface area contributed by atoms with Crippen molar-refractivity contribution < 1.29 is 10.2 Å². The molecule has 0 atom stereocenters. The van der Waals surface area contributed by atoms with Gasteiger partial charge in [0.15, 0.2) is 0 Å². The molecule has 11 heteroatoms. The predicted octanol–water partition coefficient (Wildman–Crippen LogP) is 9.22. The second-order valence-electron chi connectivity index (χ2n) is 10.7. The van der Waals surface area contributed by atoms with E-state index in [-0.39, 0.29) is 11.8 Å². The Balaban J connectivity index is 0.000000147. The van der Waals surface area contributed by atoms with Crippen LogP contribution in [0, 0.1) is 9.81 Å². The summed E-state index contributed by atoms with van der Waals surface area (Å²) in [6, 6.07) is 26.4. The Hall–Kier alpha value is -6.23. The summed E-state index contributed by atoms with van der Waals surface area (Å²) in [5.74, 6) is 0.225. The van der Waals surface area contributed by atoms with Crippen LogP contribution >= 0.6 is 0 Å². The Bertz CT molecular complexity index is 2260. The monoisotopic (exact) mass is 611 g/mol. The van der Waals surface area contributed by atoms with Gasteiger partial charge in [-0.05, 0) is 54.5 Å². The van der Waals surface area contributed by atoms with E-state index < -0.39 is 0 Å². The van der Waals surface area contributed by atoms with Crippen molar-refractivity contribution in [2.45, 2.75) is 26.9 Å². The number of para-hydroxylation sites is 3. The van der Waals surface area contributed by atoms with E-state index in [4.69, 9.17) is 0 Å². The largest absolute Gasteiger partial charge is 0.494 e. The molecule has 8 aromatic rings. The fraction of sp³-hybridized carbons (Fsp3) is 0.114. The Kier molecular flexibility index (Phi) is 7.05. The van der Waals surface area contributed by atoms with Crippen LogP contribution in [0.2, 0.25) is 0 Å². The highest BCUT2D eigenvalue weighted by Crippen LogP contribution is 2.46. The van der Waals surface area contributed by atoms with Crippen LogP contribution in [0.3, 0.4) is 0 Å². The SMILES string of the molecule is CCn1c(O)c(-c2[nH]c3ccccc3c2N=O)c2ccccc21.CCn1c(O)c(-c2[nH]c3ccccc3c2N=O)c2cccnc21. The first-order chi connectivity index (χ1) is 22.5. The van der Waals surface area contributed by atoms with Gasteiger partial charge < -0.3 is 24.7 Å². The van der Waals surface area contributed by atoms with Gasteiger partial charge in [0.2, 0.25) is 11.8 Å². The Morgan fingerprint density at radius 2 is 1.11 bits per heavy atom. The van der Waals surface area contributed by atoms with Gasteiger partial charge in [-0.3, -0.25) is 4.57 Å². The molecule has 11 nitrogen and oxygen atoms in total. The number of aromatic hydroxyl groups is 2. The summed E-state index contributed by atoms with van der Waals surface area (Å²) >= 11 is 0. The summed E-state index contributed by atoms with van der Waals surface area (Å²) in [6.07, 6.45) is 1.68. The number of nitrogens with zero attached hydrogens (tertiary/aromatic N) is 5. The van der Waals surface area contributed by atoms with Gasteiger partial charge in [0.05, 0.1) is 28.0 Å². The third-order valence-electron chi connectivity index (χ3n) is 8.41. The molecule has 5 heterocycles. The van der Waals surface area contributed by atoms with Crippen molar-refractivity contribution in [3.8, 4) is 34.3 Å². The van der Waals surface area contributed by atoms with E-state index in [0.29, 0.717) is 52.6 Å². The van der Waals surface area contributed by atoms with Crippen molar-refractivity contribution in [1.82, 2.24) is 24.1 Å². The molecule has 0 aliphatic heterocycles. The minimum Gasteiger partial charge on any atom is -0.494 e.